The number of amides is 1. The largest absolute Gasteiger partial charge is 0.487 e. The van der Waals surface area contributed by atoms with Crippen LogP contribution in [0.4, 0.5) is 4.39 Å². The zero-order valence-electron chi connectivity index (χ0n) is 15.9. The summed E-state index contributed by atoms with van der Waals surface area (Å²) in [6.07, 6.45) is 1.34. The van der Waals surface area contributed by atoms with E-state index in [1.54, 1.807) is 54.6 Å². The number of halogens is 3. The van der Waals surface area contributed by atoms with Gasteiger partial charge in [-0.15, -0.1) is 0 Å². The number of rotatable bonds is 7. The first-order chi connectivity index (χ1) is 14.8. The standard InChI is InChI=1S/C23H16Br2FNO4/c24-18-10-15(11-19(25)21(18)31-13-14-5-4-8-17(26)9-14)12-20(23(29)30)27-22(28)16-6-2-1-3-7-16/h1-12H,13H2,(H,27,28)(H,29,30). The molecule has 0 aliphatic rings. The van der Waals surface area contributed by atoms with E-state index in [1.807, 2.05) is 0 Å². The van der Waals surface area contributed by atoms with Crippen molar-refractivity contribution in [3.63, 3.8) is 0 Å². The van der Waals surface area contributed by atoms with Crippen molar-refractivity contribution in [3.05, 3.63) is 104 Å². The third kappa shape index (κ3) is 6.26. The van der Waals surface area contributed by atoms with Crippen LogP contribution < -0.4 is 10.1 Å². The lowest BCUT2D eigenvalue weighted by atomic mass is 10.1. The second kappa shape index (κ2) is 10.4. The highest BCUT2D eigenvalue weighted by atomic mass is 79.9. The molecular weight excluding hydrogens is 533 g/mol. The molecule has 0 atom stereocenters. The second-order valence-electron chi connectivity index (χ2n) is 6.42. The first-order valence-electron chi connectivity index (χ1n) is 9.01. The molecule has 31 heavy (non-hydrogen) atoms. The molecule has 8 heteroatoms. The number of benzene rings is 3. The number of hydrogen-bond acceptors (Lipinski definition) is 3. The van der Waals surface area contributed by atoms with Gasteiger partial charge in [0.1, 0.15) is 23.9 Å². The van der Waals surface area contributed by atoms with Gasteiger partial charge in [-0.3, -0.25) is 4.79 Å². The number of aliphatic carboxylic acids is 1. The van der Waals surface area contributed by atoms with Crippen LogP contribution in [0.2, 0.25) is 0 Å². The van der Waals surface area contributed by atoms with Crippen LogP contribution in [0.25, 0.3) is 6.08 Å². The highest BCUT2D eigenvalue weighted by Crippen LogP contribution is 2.36. The maximum absolute atomic E-state index is 13.3. The van der Waals surface area contributed by atoms with E-state index < -0.39 is 11.9 Å². The molecule has 0 saturated carbocycles. The van der Waals surface area contributed by atoms with Gasteiger partial charge in [0.25, 0.3) is 5.91 Å². The molecule has 0 aliphatic heterocycles. The third-order valence-electron chi connectivity index (χ3n) is 4.12. The number of carbonyl (C=O) groups excluding carboxylic acids is 1. The Balaban J connectivity index is 1.80. The van der Waals surface area contributed by atoms with Crippen molar-refractivity contribution in [2.24, 2.45) is 0 Å². The van der Waals surface area contributed by atoms with Crippen LogP contribution >= 0.6 is 31.9 Å². The Morgan fingerprint density at radius 2 is 1.68 bits per heavy atom. The van der Waals surface area contributed by atoms with Crippen LogP contribution in [0.1, 0.15) is 21.5 Å². The molecule has 0 bridgehead atoms. The first-order valence-corrected chi connectivity index (χ1v) is 10.6. The summed E-state index contributed by atoms with van der Waals surface area (Å²) in [7, 11) is 0. The van der Waals surface area contributed by atoms with Gasteiger partial charge >= 0.3 is 5.97 Å². The predicted octanol–water partition coefficient (Wildman–Crippen LogP) is 5.79. The summed E-state index contributed by atoms with van der Waals surface area (Å²) in [5.74, 6) is -1.67. The topological polar surface area (TPSA) is 75.6 Å². The highest BCUT2D eigenvalue weighted by molar-refractivity contribution is 9.11. The maximum atomic E-state index is 13.3. The van der Waals surface area contributed by atoms with E-state index in [4.69, 9.17) is 4.74 Å². The summed E-state index contributed by atoms with van der Waals surface area (Å²) >= 11 is 6.81. The number of hydrogen-bond donors (Lipinski definition) is 2. The van der Waals surface area contributed by atoms with Crippen LogP contribution in [0.3, 0.4) is 0 Å². The normalized spacial score (nSPS) is 11.1. The predicted molar refractivity (Wildman–Crippen MR) is 122 cm³/mol. The van der Waals surface area contributed by atoms with Crippen molar-refractivity contribution in [1.82, 2.24) is 5.32 Å². The van der Waals surface area contributed by atoms with Crippen LogP contribution in [0.5, 0.6) is 5.75 Å². The number of carboxylic acid groups (broad SMARTS) is 1. The molecular formula is C23H16Br2FNO4. The van der Waals surface area contributed by atoms with E-state index in [-0.39, 0.29) is 18.1 Å². The minimum Gasteiger partial charge on any atom is -0.487 e. The van der Waals surface area contributed by atoms with Crippen LogP contribution in [-0.4, -0.2) is 17.0 Å². The molecule has 2 N–H and O–H groups in total. The van der Waals surface area contributed by atoms with E-state index in [0.717, 1.165) is 0 Å². The van der Waals surface area contributed by atoms with E-state index in [9.17, 15) is 19.1 Å². The number of nitrogens with one attached hydrogen (secondary N) is 1. The molecule has 0 aromatic heterocycles. The minimum atomic E-state index is -1.28. The number of carbonyl (C=O) groups is 2. The summed E-state index contributed by atoms with van der Waals surface area (Å²) < 4.78 is 20.2. The lowest BCUT2D eigenvalue weighted by molar-refractivity contribution is -0.132. The quantitative estimate of drug-likeness (QED) is 0.367. The van der Waals surface area contributed by atoms with Gasteiger partial charge in [0.05, 0.1) is 8.95 Å². The summed E-state index contributed by atoms with van der Waals surface area (Å²) in [6.45, 7) is 0.150. The molecule has 0 radical (unpaired) electrons. The van der Waals surface area contributed by atoms with Crippen LogP contribution in [-0.2, 0) is 11.4 Å². The highest BCUT2D eigenvalue weighted by Gasteiger charge is 2.15. The van der Waals surface area contributed by atoms with Gasteiger partial charge in [-0.2, -0.15) is 0 Å². The number of ether oxygens (including phenoxy) is 1. The lowest BCUT2D eigenvalue weighted by Gasteiger charge is -2.12. The minimum absolute atomic E-state index is 0.150. The van der Waals surface area contributed by atoms with Gasteiger partial charge in [-0.25, -0.2) is 9.18 Å². The molecule has 1 amide bonds. The molecule has 3 rings (SSSR count). The maximum Gasteiger partial charge on any atom is 0.352 e. The molecule has 3 aromatic rings. The molecule has 0 saturated heterocycles. The van der Waals surface area contributed by atoms with E-state index in [1.165, 1.54) is 18.2 Å². The number of carboxylic acids is 1. The molecule has 0 fully saturated rings. The summed E-state index contributed by atoms with van der Waals surface area (Å²) in [6, 6.07) is 17.7. The summed E-state index contributed by atoms with van der Waals surface area (Å²) in [5.41, 5.74) is 1.25. The van der Waals surface area contributed by atoms with Crippen LogP contribution in [0, 0.1) is 5.82 Å². The molecule has 0 unspecified atom stereocenters. The van der Waals surface area contributed by atoms with Crippen molar-refractivity contribution >= 4 is 49.8 Å². The van der Waals surface area contributed by atoms with Crippen molar-refractivity contribution in [3.8, 4) is 5.75 Å². The third-order valence-corrected chi connectivity index (χ3v) is 5.30. The fourth-order valence-electron chi connectivity index (χ4n) is 2.68. The first kappa shape index (κ1) is 22.7. The zero-order chi connectivity index (χ0) is 22.4. The molecule has 5 nitrogen and oxygen atoms in total. The smallest absolute Gasteiger partial charge is 0.352 e. The Morgan fingerprint density at radius 3 is 2.29 bits per heavy atom. The molecule has 0 spiro atoms. The van der Waals surface area contributed by atoms with Crippen molar-refractivity contribution < 1.29 is 23.8 Å². The lowest BCUT2D eigenvalue weighted by Crippen LogP contribution is -2.27. The zero-order valence-corrected chi connectivity index (χ0v) is 19.1. The molecule has 0 heterocycles. The monoisotopic (exact) mass is 547 g/mol. The molecule has 0 aliphatic carbocycles. The average Bonchev–Trinajstić information content (AvgIpc) is 2.73. The Bertz CT molecular complexity index is 1130. The fourth-order valence-corrected chi connectivity index (χ4v) is 4.14. The van der Waals surface area contributed by atoms with Crippen molar-refractivity contribution in [1.29, 1.82) is 0 Å². The van der Waals surface area contributed by atoms with Gasteiger partial charge < -0.3 is 15.2 Å². The average molecular weight is 549 g/mol. The SMILES string of the molecule is O=C(O)C(=Cc1cc(Br)c(OCc2cccc(F)c2)c(Br)c1)NC(=O)c1ccccc1. The second-order valence-corrected chi connectivity index (χ2v) is 8.12. The van der Waals surface area contributed by atoms with Gasteiger partial charge in [0.15, 0.2) is 0 Å². The molecule has 3 aromatic carbocycles. The van der Waals surface area contributed by atoms with Crippen LogP contribution in [0.15, 0.2) is 81.4 Å². The van der Waals surface area contributed by atoms with Gasteiger partial charge in [0.2, 0.25) is 0 Å². The van der Waals surface area contributed by atoms with Crippen molar-refractivity contribution in [2.75, 3.05) is 0 Å². The Hall–Kier alpha value is -2.97. The Morgan fingerprint density at radius 1 is 1.00 bits per heavy atom. The van der Waals surface area contributed by atoms with Gasteiger partial charge in [0, 0.05) is 5.56 Å². The molecule has 158 valence electrons. The summed E-state index contributed by atoms with van der Waals surface area (Å²) in [4.78, 5) is 23.9. The Labute approximate surface area is 194 Å². The van der Waals surface area contributed by atoms with E-state index >= 15 is 0 Å². The van der Waals surface area contributed by atoms with E-state index in [2.05, 4.69) is 37.2 Å². The Kier molecular flexibility index (Phi) is 7.59. The van der Waals surface area contributed by atoms with Crippen molar-refractivity contribution in [2.45, 2.75) is 6.61 Å². The fraction of sp³-hybridized carbons (Fsp3) is 0.0435. The van der Waals surface area contributed by atoms with Gasteiger partial charge in [-0.05, 0) is 85.5 Å². The summed E-state index contributed by atoms with van der Waals surface area (Å²) in [5, 5.41) is 11.9. The van der Waals surface area contributed by atoms with Gasteiger partial charge in [-0.1, -0.05) is 30.3 Å². The van der Waals surface area contributed by atoms with E-state index in [0.29, 0.717) is 31.4 Å².